The highest BCUT2D eigenvalue weighted by Gasteiger charge is 2.09. The second kappa shape index (κ2) is 4.26. The van der Waals surface area contributed by atoms with E-state index in [-0.39, 0.29) is 0 Å². The third-order valence-corrected chi connectivity index (χ3v) is 3.35. The number of rotatable bonds is 2. The minimum Gasteiger partial charge on any atom is -0.293 e. The molecule has 0 saturated carbocycles. The summed E-state index contributed by atoms with van der Waals surface area (Å²) in [5.41, 5.74) is 3.67. The first kappa shape index (κ1) is 11.1. The van der Waals surface area contributed by atoms with Crippen molar-refractivity contribution >= 4 is 11.3 Å². The van der Waals surface area contributed by atoms with Crippen LogP contribution < -0.4 is 4.80 Å². The molecule has 0 unspecified atom stereocenters. The molecule has 0 aliphatic heterocycles. The van der Waals surface area contributed by atoms with Gasteiger partial charge in [0.2, 0.25) is 0 Å². The molecule has 0 atom stereocenters. The van der Waals surface area contributed by atoms with Gasteiger partial charge in [0, 0.05) is 11.6 Å². The van der Waals surface area contributed by atoms with Crippen LogP contribution in [0.2, 0.25) is 0 Å². The smallest absolute Gasteiger partial charge is 0.186 e. The first-order chi connectivity index (χ1) is 7.59. The molecule has 0 fully saturated rings. The SMILES string of the molecule is Cc1ccc(C(C)C)c(-n2ccsc2=N)c1. The zero-order valence-electron chi connectivity index (χ0n) is 9.82. The molecule has 0 aliphatic carbocycles. The summed E-state index contributed by atoms with van der Waals surface area (Å²) in [5.74, 6) is 0.474. The van der Waals surface area contributed by atoms with Crippen LogP contribution in [0.3, 0.4) is 0 Å². The molecule has 0 radical (unpaired) electrons. The number of hydrogen-bond acceptors (Lipinski definition) is 2. The molecule has 84 valence electrons. The van der Waals surface area contributed by atoms with Crippen LogP contribution in [-0.4, -0.2) is 4.57 Å². The van der Waals surface area contributed by atoms with E-state index in [0.717, 1.165) is 5.69 Å². The maximum Gasteiger partial charge on any atom is 0.186 e. The fourth-order valence-corrected chi connectivity index (χ4v) is 2.40. The highest BCUT2D eigenvalue weighted by atomic mass is 32.1. The zero-order valence-corrected chi connectivity index (χ0v) is 10.6. The number of thiazole rings is 1. The summed E-state index contributed by atoms with van der Waals surface area (Å²) >= 11 is 1.46. The molecule has 2 nitrogen and oxygen atoms in total. The Morgan fingerprint density at radius 2 is 2.06 bits per heavy atom. The van der Waals surface area contributed by atoms with Crippen LogP contribution in [0, 0.1) is 12.3 Å². The van der Waals surface area contributed by atoms with Crippen molar-refractivity contribution in [2.75, 3.05) is 0 Å². The number of nitrogens with one attached hydrogen (secondary N) is 1. The fourth-order valence-electron chi connectivity index (χ4n) is 1.82. The predicted octanol–water partition coefficient (Wildman–Crippen LogP) is 3.45. The molecule has 0 aliphatic rings. The molecule has 1 aromatic carbocycles. The molecule has 2 aromatic rings. The van der Waals surface area contributed by atoms with Crippen LogP contribution in [0.1, 0.15) is 30.9 Å². The maximum absolute atomic E-state index is 7.88. The van der Waals surface area contributed by atoms with Crippen LogP contribution in [0.4, 0.5) is 0 Å². The molecule has 1 N–H and O–H groups in total. The molecule has 0 spiro atoms. The molecule has 0 bridgehead atoms. The lowest BCUT2D eigenvalue weighted by Crippen LogP contribution is -2.12. The second-order valence-electron chi connectivity index (χ2n) is 4.30. The highest BCUT2D eigenvalue weighted by molar-refractivity contribution is 7.07. The molecule has 1 aromatic heterocycles. The van der Waals surface area contributed by atoms with Crippen LogP contribution in [-0.2, 0) is 0 Å². The normalized spacial score (nSPS) is 11.0. The van der Waals surface area contributed by atoms with E-state index in [1.54, 1.807) is 0 Å². The van der Waals surface area contributed by atoms with Crippen molar-refractivity contribution in [3.8, 4) is 5.69 Å². The van der Waals surface area contributed by atoms with Gasteiger partial charge in [0.25, 0.3) is 0 Å². The summed E-state index contributed by atoms with van der Waals surface area (Å²) in [6, 6.07) is 6.45. The third kappa shape index (κ3) is 1.95. The van der Waals surface area contributed by atoms with Crippen molar-refractivity contribution in [3.05, 3.63) is 45.7 Å². The minimum atomic E-state index is 0.474. The quantitative estimate of drug-likeness (QED) is 0.821. The fraction of sp³-hybridized carbons (Fsp3) is 0.308. The van der Waals surface area contributed by atoms with Gasteiger partial charge in [-0.15, -0.1) is 11.3 Å². The molecule has 3 heteroatoms. The first-order valence-corrected chi connectivity index (χ1v) is 6.29. The largest absolute Gasteiger partial charge is 0.293 e. The van der Waals surface area contributed by atoms with Gasteiger partial charge in [-0.3, -0.25) is 9.98 Å². The minimum absolute atomic E-state index is 0.474. The Hall–Kier alpha value is -1.35. The van der Waals surface area contributed by atoms with Crippen LogP contribution >= 0.6 is 11.3 Å². The summed E-state index contributed by atoms with van der Waals surface area (Å²) in [7, 11) is 0. The van der Waals surface area contributed by atoms with E-state index in [4.69, 9.17) is 5.41 Å². The summed E-state index contributed by atoms with van der Waals surface area (Å²) in [6.45, 7) is 6.46. The standard InChI is InChI=1S/C13H16N2S/c1-9(2)11-5-4-10(3)8-12(11)15-6-7-16-13(15)14/h4-9,14H,1-3H3. The van der Waals surface area contributed by atoms with Gasteiger partial charge in [0.1, 0.15) is 0 Å². The lowest BCUT2D eigenvalue weighted by molar-refractivity contribution is 0.837. The van der Waals surface area contributed by atoms with Gasteiger partial charge in [0.15, 0.2) is 4.80 Å². The number of benzene rings is 1. The van der Waals surface area contributed by atoms with Gasteiger partial charge < -0.3 is 0 Å². The van der Waals surface area contributed by atoms with Gasteiger partial charge in [-0.25, -0.2) is 0 Å². The molecule has 1 heterocycles. The monoisotopic (exact) mass is 232 g/mol. The van der Waals surface area contributed by atoms with Crippen molar-refractivity contribution in [3.63, 3.8) is 0 Å². The van der Waals surface area contributed by atoms with Crippen molar-refractivity contribution in [2.45, 2.75) is 26.7 Å². The van der Waals surface area contributed by atoms with Gasteiger partial charge in [-0.05, 0) is 30.0 Å². The van der Waals surface area contributed by atoms with Crippen molar-refractivity contribution < 1.29 is 0 Å². The molecule has 2 rings (SSSR count). The predicted molar refractivity (Wildman–Crippen MR) is 68.3 cm³/mol. The summed E-state index contributed by atoms with van der Waals surface area (Å²) in [4.78, 5) is 0.576. The van der Waals surface area contributed by atoms with Gasteiger partial charge in [-0.1, -0.05) is 26.0 Å². The number of aryl methyl sites for hydroxylation is 1. The lowest BCUT2D eigenvalue weighted by Gasteiger charge is -2.14. The average Bonchev–Trinajstić information content (AvgIpc) is 2.63. The van der Waals surface area contributed by atoms with E-state index in [1.165, 1.54) is 22.5 Å². The molecule has 0 saturated heterocycles. The number of hydrogen-bond donors (Lipinski definition) is 1. The van der Waals surface area contributed by atoms with Crippen LogP contribution in [0.15, 0.2) is 29.8 Å². The van der Waals surface area contributed by atoms with E-state index in [0.29, 0.717) is 10.7 Å². The number of aromatic nitrogens is 1. The Labute approximate surface area is 99.7 Å². The Bertz CT molecular complexity index is 549. The molecule has 0 amide bonds. The summed E-state index contributed by atoms with van der Waals surface area (Å²) < 4.78 is 1.95. The second-order valence-corrected chi connectivity index (χ2v) is 5.19. The van der Waals surface area contributed by atoms with Crippen molar-refractivity contribution in [1.82, 2.24) is 4.57 Å². The molecular weight excluding hydrogens is 216 g/mol. The summed E-state index contributed by atoms with van der Waals surface area (Å²) in [6.07, 6.45) is 1.97. The van der Waals surface area contributed by atoms with E-state index in [1.807, 2.05) is 16.1 Å². The third-order valence-electron chi connectivity index (χ3n) is 2.68. The summed E-state index contributed by atoms with van der Waals surface area (Å²) in [5, 5.41) is 9.83. The zero-order chi connectivity index (χ0) is 11.7. The van der Waals surface area contributed by atoms with E-state index >= 15 is 0 Å². The van der Waals surface area contributed by atoms with Crippen LogP contribution in [0.5, 0.6) is 0 Å². The Morgan fingerprint density at radius 1 is 1.31 bits per heavy atom. The molecule has 16 heavy (non-hydrogen) atoms. The highest BCUT2D eigenvalue weighted by Crippen LogP contribution is 2.23. The molecular formula is C13H16N2S. The first-order valence-electron chi connectivity index (χ1n) is 5.41. The van der Waals surface area contributed by atoms with E-state index in [9.17, 15) is 0 Å². The maximum atomic E-state index is 7.88. The van der Waals surface area contributed by atoms with E-state index in [2.05, 4.69) is 39.0 Å². The Balaban J connectivity index is 2.67. The Kier molecular flexibility index (Phi) is 2.97. The van der Waals surface area contributed by atoms with Crippen molar-refractivity contribution in [1.29, 1.82) is 5.41 Å². The average molecular weight is 232 g/mol. The van der Waals surface area contributed by atoms with E-state index < -0.39 is 0 Å². The van der Waals surface area contributed by atoms with Crippen LogP contribution in [0.25, 0.3) is 5.69 Å². The lowest BCUT2D eigenvalue weighted by atomic mass is 9.99. The van der Waals surface area contributed by atoms with Gasteiger partial charge in [-0.2, -0.15) is 0 Å². The Morgan fingerprint density at radius 3 is 2.62 bits per heavy atom. The number of nitrogens with zero attached hydrogens (tertiary/aromatic N) is 1. The van der Waals surface area contributed by atoms with Gasteiger partial charge in [0.05, 0.1) is 5.69 Å². The van der Waals surface area contributed by atoms with Gasteiger partial charge >= 0.3 is 0 Å². The van der Waals surface area contributed by atoms with Crippen molar-refractivity contribution in [2.24, 2.45) is 0 Å². The topological polar surface area (TPSA) is 28.8 Å².